The number of carbonyl (C=O) groups excluding carboxylic acids is 2. The van der Waals surface area contributed by atoms with Gasteiger partial charge in [-0.05, 0) is 31.2 Å². The Balaban J connectivity index is 1.65. The number of carbonyl (C=O) groups is 2. The third-order valence-corrected chi connectivity index (χ3v) is 5.62. The molecule has 0 aliphatic heterocycles. The lowest BCUT2D eigenvalue weighted by molar-refractivity contribution is -0.133. The number of benzene rings is 1. The van der Waals surface area contributed by atoms with Crippen LogP contribution >= 0.6 is 11.3 Å². The van der Waals surface area contributed by atoms with Gasteiger partial charge in [0.25, 0.3) is 0 Å². The number of methoxy groups -OCH3 is 1. The first-order valence-corrected chi connectivity index (χ1v) is 10.5. The summed E-state index contributed by atoms with van der Waals surface area (Å²) in [6, 6.07) is 10.2. The van der Waals surface area contributed by atoms with Gasteiger partial charge in [0.05, 0.1) is 13.2 Å². The Kier molecular flexibility index (Phi) is 7.17. The summed E-state index contributed by atoms with van der Waals surface area (Å²) < 4.78 is 10.1. The van der Waals surface area contributed by atoms with E-state index < -0.39 is 5.97 Å². The van der Waals surface area contributed by atoms with Crippen LogP contribution in [0.5, 0.6) is 0 Å². The molecule has 2 atom stereocenters. The van der Waals surface area contributed by atoms with Gasteiger partial charge in [-0.15, -0.1) is 11.3 Å². The Morgan fingerprint density at radius 2 is 2.07 bits per heavy atom. The maximum atomic E-state index is 13.1. The second-order valence-electron chi connectivity index (χ2n) is 6.81. The Morgan fingerprint density at radius 1 is 1.29 bits per heavy atom. The Bertz CT molecular complexity index is 793. The number of hydrogen-bond donors (Lipinski definition) is 0. The lowest BCUT2D eigenvalue weighted by Crippen LogP contribution is -2.33. The summed E-state index contributed by atoms with van der Waals surface area (Å²) >= 11 is 1.38. The molecule has 3 rings (SSSR count). The molecule has 0 bridgehead atoms. The molecule has 1 aliphatic rings. The van der Waals surface area contributed by atoms with Gasteiger partial charge in [-0.25, -0.2) is 9.78 Å². The fourth-order valence-corrected chi connectivity index (χ4v) is 4.06. The van der Waals surface area contributed by atoms with Crippen LogP contribution in [-0.2, 0) is 20.8 Å². The van der Waals surface area contributed by atoms with Gasteiger partial charge < -0.3 is 14.4 Å². The number of esters is 1. The van der Waals surface area contributed by atoms with Crippen LogP contribution in [0, 0.1) is 5.92 Å². The molecule has 0 unspecified atom stereocenters. The Hall–Kier alpha value is -2.25. The van der Waals surface area contributed by atoms with E-state index in [9.17, 15) is 9.59 Å². The van der Waals surface area contributed by atoms with E-state index in [1.807, 2.05) is 23.1 Å². The number of aromatic nitrogens is 1. The molecule has 1 aromatic heterocycles. The monoisotopic (exact) mass is 402 g/mol. The SMILES string of the molecule is CCOC(=O)c1csc(CN(CCCOC)C(=O)[C@@H]2C[C@H]2c2ccccc2)n1. The normalized spacial score (nSPS) is 17.9. The molecule has 7 heteroatoms. The van der Waals surface area contributed by atoms with Crippen molar-refractivity contribution in [2.75, 3.05) is 26.9 Å². The number of nitrogens with zero attached hydrogens (tertiary/aromatic N) is 2. The molecule has 6 nitrogen and oxygen atoms in total. The fourth-order valence-electron chi connectivity index (χ4n) is 3.28. The van der Waals surface area contributed by atoms with Gasteiger partial charge in [0.2, 0.25) is 5.91 Å². The van der Waals surface area contributed by atoms with Crippen molar-refractivity contribution in [3.8, 4) is 0 Å². The minimum atomic E-state index is -0.423. The van der Waals surface area contributed by atoms with Crippen molar-refractivity contribution in [1.82, 2.24) is 9.88 Å². The molecular weight excluding hydrogens is 376 g/mol. The molecule has 1 saturated carbocycles. The maximum Gasteiger partial charge on any atom is 0.357 e. The van der Waals surface area contributed by atoms with E-state index in [2.05, 4.69) is 17.1 Å². The molecule has 1 heterocycles. The van der Waals surface area contributed by atoms with Crippen LogP contribution < -0.4 is 0 Å². The minimum Gasteiger partial charge on any atom is -0.461 e. The van der Waals surface area contributed by atoms with Crippen LogP contribution in [0.3, 0.4) is 0 Å². The molecular formula is C21H26N2O4S. The van der Waals surface area contributed by atoms with Crippen molar-refractivity contribution >= 4 is 23.2 Å². The molecule has 1 aromatic carbocycles. The van der Waals surface area contributed by atoms with Gasteiger partial charge in [-0.3, -0.25) is 4.79 Å². The van der Waals surface area contributed by atoms with E-state index in [0.29, 0.717) is 37.9 Å². The molecule has 1 amide bonds. The maximum absolute atomic E-state index is 13.1. The molecule has 28 heavy (non-hydrogen) atoms. The summed E-state index contributed by atoms with van der Waals surface area (Å²) in [5.74, 6) is 0.0471. The van der Waals surface area contributed by atoms with Crippen LogP contribution in [0.15, 0.2) is 35.7 Å². The number of hydrogen-bond acceptors (Lipinski definition) is 6. The van der Waals surface area contributed by atoms with Crippen molar-refractivity contribution in [3.63, 3.8) is 0 Å². The topological polar surface area (TPSA) is 68.7 Å². The standard InChI is InChI=1S/C21H26N2O4S/c1-3-27-21(25)18-14-28-19(22-18)13-23(10-7-11-26-2)20(24)17-12-16(17)15-8-5-4-6-9-15/h4-6,8-9,14,16-17H,3,7,10-13H2,1-2H3/t16-,17+/m0/s1. The smallest absolute Gasteiger partial charge is 0.357 e. The Morgan fingerprint density at radius 3 is 2.79 bits per heavy atom. The summed E-state index contributed by atoms with van der Waals surface area (Å²) in [5, 5.41) is 2.43. The summed E-state index contributed by atoms with van der Waals surface area (Å²) in [4.78, 5) is 31.1. The second-order valence-corrected chi connectivity index (χ2v) is 7.76. The number of ether oxygens (including phenoxy) is 2. The van der Waals surface area contributed by atoms with E-state index in [4.69, 9.17) is 9.47 Å². The largest absolute Gasteiger partial charge is 0.461 e. The van der Waals surface area contributed by atoms with E-state index in [1.165, 1.54) is 16.9 Å². The molecule has 1 aliphatic carbocycles. The van der Waals surface area contributed by atoms with Crippen LogP contribution in [0.4, 0.5) is 0 Å². The van der Waals surface area contributed by atoms with E-state index in [1.54, 1.807) is 19.4 Å². The van der Waals surface area contributed by atoms with Crippen LogP contribution in [0.25, 0.3) is 0 Å². The van der Waals surface area contributed by atoms with Crippen molar-refractivity contribution in [1.29, 1.82) is 0 Å². The summed E-state index contributed by atoms with van der Waals surface area (Å²) in [5.41, 5.74) is 1.52. The van der Waals surface area contributed by atoms with E-state index in [-0.39, 0.29) is 11.8 Å². The molecule has 0 N–H and O–H groups in total. The predicted molar refractivity (Wildman–Crippen MR) is 107 cm³/mol. The van der Waals surface area contributed by atoms with E-state index >= 15 is 0 Å². The number of thiazole rings is 1. The average molecular weight is 403 g/mol. The van der Waals surface area contributed by atoms with Crippen LogP contribution in [0.2, 0.25) is 0 Å². The zero-order valence-corrected chi connectivity index (χ0v) is 17.1. The quantitative estimate of drug-likeness (QED) is 0.449. The third-order valence-electron chi connectivity index (χ3n) is 4.79. The molecule has 150 valence electrons. The van der Waals surface area contributed by atoms with Crippen molar-refractivity contribution in [2.45, 2.75) is 32.2 Å². The van der Waals surface area contributed by atoms with E-state index in [0.717, 1.165) is 17.8 Å². The van der Waals surface area contributed by atoms with Crippen LogP contribution in [0.1, 0.15) is 46.7 Å². The highest BCUT2D eigenvalue weighted by Gasteiger charge is 2.45. The van der Waals surface area contributed by atoms with Gasteiger partial charge in [0, 0.05) is 31.6 Å². The van der Waals surface area contributed by atoms with Crippen molar-refractivity contribution in [3.05, 3.63) is 52.0 Å². The fraction of sp³-hybridized carbons (Fsp3) is 0.476. The molecule has 0 saturated heterocycles. The minimum absolute atomic E-state index is 0.0226. The second kappa shape index (κ2) is 9.80. The van der Waals surface area contributed by atoms with Crippen molar-refractivity contribution in [2.24, 2.45) is 5.92 Å². The molecule has 2 aromatic rings. The van der Waals surface area contributed by atoms with Gasteiger partial charge in [0.1, 0.15) is 5.01 Å². The predicted octanol–water partition coefficient (Wildman–Crippen LogP) is 3.49. The van der Waals surface area contributed by atoms with Crippen molar-refractivity contribution < 1.29 is 19.1 Å². The Labute approximate surface area is 169 Å². The zero-order chi connectivity index (χ0) is 19.9. The number of amides is 1. The van der Waals surface area contributed by atoms with Crippen LogP contribution in [-0.4, -0.2) is 48.6 Å². The highest BCUT2D eigenvalue weighted by molar-refractivity contribution is 7.09. The lowest BCUT2D eigenvalue weighted by Gasteiger charge is -2.22. The molecule has 0 radical (unpaired) electrons. The first-order chi connectivity index (χ1) is 13.6. The van der Waals surface area contributed by atoms with Gasteiger partial charge in [-0.2, -0.15) is 0 Å². The summed E-state index contributed by atoms with van der Waals surface area (Å²) in [7, 11) is 1.66. The average Bonchev–Trinajstić information content (AvgIpc) is 3.38. The first kappa shape index (κ1) is 20.5. The lowest BCUT2D eigenvalue weighted by atomic mass is 10.1. The highest BCUT2D eigenvalue weighted by atomic mass is 32.1. The van der Waals surface area contributed by atoms with Gasteiger partial charge in [0.15, 0.2) is 5.69 Å². The summed E-state index contributed by atoms with van der Waals surface area (Å²) in [6.45, 7) is 3.70. The molecule has 1 fully saturated rings. The molecule has 0 spiro atoms. The third kappa shape index (κ3) is 5.17. The van der Waals surface area contributed by atoms with Gasteiger partial charge in [-0.1, -0.05) is 30.3 Å². The number of rotatable bonds is 10. The highest BCUT2D eigenvalue weighted by Crippen LogP contribution is 2.48. The summed E-state index contributed by atoms with van der Waals surface area (Å²) in [6.07, 6.45) is 1.65. The zero-order valence-electron chi connectivity index (χ0n) is 16.3. The van der Waals surface area contributed by atoms with Gasteiger partial charge >= 0.3 is 5.97 Å². The first-order valence-electron chi connectivity index (χ1n) is 9.58.